The van der Waals surface area contributed by atoms with E-state index in [1.807, 2.05) is 0 Å². The molecular weight excluding hydrogens is 361 g/mol. The van der Waals surface area contributed by atoms with Crippen molar-refractivity contribution < 1.29 is 16.8 Å². The van der Waals surface area contributed by atoms with Crippen molar-refractivity contribution in [3.05, 3.63) is 28.2 Å². The molecule has 0 radical (unpaired) electrons. The van der Waals surface area contributed by atoms with Gasteiger partial charge in [-0.25, -0.2) is 13.6 Å². The lowest BCUT2D eigenvalue weighted by Crippen LogP contribution is -2.52. The average molecular weight is 374 g/mol. The minimum atomic E-state index is -3.80. The molecule has 0 aromatic heterocycles. The van der Waals surface area contributed by atoms with Crippen molar-refractivity contribution in [2.75, 3.05) is 26.2 Å². The molecule has 0 bridgehead atoms. The molecule has 1 aliphatic heterocycles. The zero-order valence-corrected chi connectivity index (χ0v) is 13.9. The second kappa shape index (κ2) is 5.99. The van der Waals surface area contributed by atoms with Crippen LogP contribution in [0, 0.1) is 0 Å². The van der Waals surface area contributed by atoms with Crippen molar-refractivity contribution in [3.8, 4) is 0 Å². The number of benzene rings is 1. The van der Waals surface area contributed by atoms with Gasteiger partial charge in [0.25, 0.3) is 10.2 Å². The zero-order chi connectivity index (χ0) is 15.8. The van der Waals surface area contributed by atoms with Crippen LogP contribution >= 0.6 is 23.2 Å². The van der Waals surface area contributed by atoms with Crippen molar-refractivity contribution >= 4 is 43.4 Å². The maximum atomic E-state index is 12.5. The first-order chi connectivity index (χ1) is 9.60. The Bertz CT molecular complexity index is 723. The highest BCUT2D eigenvalue weighted by Gasteiger charge is 2.31. The Morgan fingerprint density at radius 3 is 1.71 bits per heavy atom. The van der Waals surface area contributed by atoms with Gasteiger partial charge in [0.2, 0.25) is 10.0 Å². The number of halogens is 2. The van der Waals surface area contributed by atoms with Gasteiger partial charge < -0.3 is 0 Å². The summed E-state index contributed by atoms with van der Waals surface area (Å²) in [7, 11) is -7.58. The fourth-order valence-corrected chi connectivity index (χ4v) is 4.81. The Morgan fingerprint density at radius 2 is 1.29 bits per heavy atom. The summed E-state index contributed by atoms with van der Waals surface area (Å²) >= 11 is 11.6. The van der Waals surface area contributed by atoms with E-state index in [2.05, 4.69) is 0 Å². The lowest BCUT2D eigenvalue weighted by atomic mass is 10.4. The van der Waals surface area contributed by atoms with Gasteiger partial charge in [-0.15, -0.1) is 0 Å². The molecule has 2 rings (SSSR count). The van der Waals surface area contributed by atoms with E-state index in [9.17, 15) is 16.8 Å². The fraction of sp³-hybridized carbons (Fsp3) is 0.400. The Labute approximate surface area is 133 Å². The fourth-order valence-electron chi connectivity index (χ4n) is 1.99. The molecule has 118 valence electrons. The Balaban J connectivity index is 2.22. The first-order valence-electron chi connectivity index (χ1n) is 5.85. The van der Waals surface area contributed by atoms with Crippen LogP contribution < -0.4 is 5.14 Å². The number of nitrogens with zero attached hydrogens (tertiary/aromatic N) is 2. The first-order valence-corrected chi connectivity index (χ1v) is 9.55. The molecule has 0 atom stereocenters. The summed E-state index contributed by atoms with van der Waals surface area (Å²) in [5, 5.41) is 5.44. The van der Waals surface area contributed by atoms with Gasteiger partial charge in [0.15, 0.2) is 0 Å². The average Bonchev–Trinajstić information content (AvgIpc) is 2.36. The van der Waals surface area contributed by atoms with Crippen molar-refractivity contribution in [2.45, 2.75) is 4.90 Å². The SMILES string of the molecule is NS(=O)(=O)N1CCN(S(=O)(=O)c2cc(Cl)cc(Cl)c2)CC1. The molecule has 1 aromatic carbocycles. The van der Waals surface area contributed by atoms with Crippen LogP contribution in [0.2, 0.25) is 10.0 Å². The van der Waals surface area contributed by atoms with E-state index in [1.54, 1.807) is 0 Å². The molecule has 0 unspecified atom stereocenters. The van der Waals surface area contributed by atoms with Gasteiger partial charge in [-0.05, 0) is 18.2 Å². The minimum absolute atomic E-state index is 0.00631. The lowest BCUT2D eigenvalue weighted by molar-refractivity contribution is 0.273. The van der Waals surface area contributed by atoms with Crippen LogP contribution in [0.15, 0.2) is 23.1 Å². The standard InChI is InChI=1S/C10H13Cl2N3O4S2/c11-8-5-9(12)7-10(6-8)20(16,17)14-1-3-15(4-2-14)21(13,18)19/h5-7H,1-4H2,(H2,13,18,19). The maximum absolute atomic E-state index is 12.5. The molecule has 0 saturated carbocycles. The predicted octanol–water partition coefficient (Wildman–Crippen LogP) is 0.503. The van der Waals surface area contributed by atoms with Crippen LogP contribution in [0.25, 0.3) is 0 Å². The third-order valence-electron chi connectivity index (χ3n) is 3.03. The number of piperazine rings is 1. The summed E-state index contributed by atoms with van der Waals surface area (Å²) in [5.41, 5.74) is 0. The lowest BCUT2D eigenvalue weighted by Gasteiger charge is -2.32. The molecule has 1 aromatic rings. The van der Waals surface area contributed by atoms with Crippen LogP contribution in [-0.4, -0.2) is 51.6 Å². The second-order valence-electron chi connectivity index (χ2n) is 4.45. The molecule has 0 amide bonds. The Morgan fingerprint density at radius 1 is 0.857 bits per heavy atom. The van der Waals surface area contributed by atoms with E-state index in [0.717, 1.165) is 4.31 Å². The van der Waals surface area contributed by atoms with Gasteiger partial charge >= 0.3 is 0 Å². The van der Waals surface area contributed by atoms with E-state index < -0.39 is 20.2 Å². The third-order valence-corrected chi connectivity index (χ3v) is 6.43. The maximum Gasteiger partial charge on any atom is 0.276 e. The highest BCUT2D eigenvalue weighted by atomic mass is 35.5. The molecule has 1 fully saturated rings. The topological polar surface area (TPSA) is 101 Å². The molecule has 21 heavy (non-hydrogen) atoms. The van der Waals surface area contributed by atoms with Gasteiger partial charge in [-0.1, -0.05) is 23.2 Å². The number of nitrogens with two attached hydrogens (primary N) is 1. The number of hydrogen-bond donors (Lipinski definition) is 1. The highest BCUT2D eigenvalue weighted by molar-refractivity contribution is 7.89. The summed E-state index contributed by atoms with van der Waals surface area (Å²) in [6.07, 6.45) is 0. The first kappa shape index (κ1) is 16.9. The molecule has 0 spiro atoms. The molecule has 7 nitrogen and oxygen atoms in total. The zero-order valence-electron chi connectivity index (χ0n) is 10.7. The predicted molar refractivity (Wildman–Crippen MR) is 79.9 cm³/mol. The quantitative estimate of drug-likeness (QED) is 0.833. The summed E-state index contributed by atoms with van der Waals surface area (Å²) < 4.78 is 49.5. The van der Waals surface area contributed by atoms with Gasteiger partial charge in [0.1, 0.15) is 0 Å². The van der Waals surface area contributed by atoms with Crippen molar-refractivity contribution in [1.82, 2.24) is 8.61 Å². The van der Waals surface area contributed by atoms with Crippen LogP contribution in [0.1, 0.15) is 0 Å². The van der Waals surface area contributed by atoms with Crippen LogP contribution in [0.4, 0.5) is 0 Å². The van der Waals surface area contributed by atoms with E-state index in [-0.39, 0.29) is 41.1 Å². The highest BCUT2D eigenvalue weighted by Crippen LogP contribution is 2.25. The number of rotatable bonds is 3. The number of hydrogen-bond acceptors (Lipinski definition) is 4. The molecule has 2 N–H and O–H groups in total. The summed E-state index contributed by atoms with van der Waals surface area (Å²) in [5.74, 6) is 0. The van der Waals surface area contributed by atoms with E-state index in [0.29, 0.717) is 0 Å². The van der Waals surface area contributed by atoms with Crippen molar-refractivity contribution in [3.63, 3.8) is 0 Å². The van der Waals surface area contributed by atoms with Crippen LogP contribution in [0.3, 0.4) is 0 Å². The van der Waals surface area contributed by atoms with Gasteiger partial charge in [0, 0.05) is 36.2 Å². The summed E-state index contributed by atoms with van der Waals surface area (Å²) in [4.78, 5) is -0.0240. The molecule has 1 aliphatic rings. The van der Waals surface area contributed by atoms with Gasteiger partial charge in [-0.3, -0.25) is 0 Å². The summed E-state index contributed by atoms with van der Waals surface area (Å²) in [6, 6.07) is 4.03. The Kier molecular flexibility index (Phi) is 4.84. The molecule has 0 aliphatic carbocycles. The van der Waals surface area contributed by atoms with Crippen molar-refractivity contribution in [2.24, 2.45) is 5.14 Å². The van der Waals surface area contributed by atoms with E-state index in [4.69, 9.17) is 28.3 Å². The van der Waals surface area contributed by atoms with Gasteiger partial charge in [0.05, 0.1) is 4.90 Å². The summed E-state index contributed by atoms with van der Waals surface area (Å²) in [6.45, 7) is 0.0461. The largest absolute Gasteiger partial charge is 0.276 e. The molecule has 1 heterocycles. The van der Waals surface area contributed by atoms with Crippen LogP contribution in [-0.2, 0) is 20.2 Å². The number of sulfonamides is 1. The third kappa shape index (κ3) is 3.86. The molecule has 11 heteroatoms. The van der Waals surface area contributed by atoms with Crippen LogP contribution in [0.5, 0.6) is 0 Å². The minimum Gasteiger partial charge on any atom is -0.216 e. The second-order valence-corrected chi connectivity index (χ2v) is 8.81. The molecular formula is C10H13Cl2N3O4S2. The van der Waals surface area contributed by atoms with Crippen molar-refractivity contribution in [1.29, 1.82) is 0 Å². The normalized spacial score (nSPS) is 18.8. The van der Waals surface area contributed by atoms with E-state index in [1.165, 1.54) is 22.5 Å². The smallest absolute Gasteiger partial charge is 0.216 e. The van der Waals surface area contributed by atoms with E-state index >= 15 is 0 Å². The Hall–Kier alpha value is -0.420. The van der Waals surface area contributed by atoms with Gasteiger partial charge in [-0.2, -0.15) is 17.0 Å². The molecule has 1 saturated heterocycles. The monoisotopic (exact) mass is 373 g/mol.